The first-order valence-electron chi connectivity index (χ1n) is 9.97. The van der Waals surface area contributed by atoms with Gasteiger partial charge in [-0.05, 0) is 18.6 Å². The molecular formula is C20H32N4O4. The molecule has 8 nitrogen and oxygen atoms in total. The number of anilines is 2. The Morgan fingerprint density at radius 3 is 2.54 bits per heavy atom. The highest BCUT2D eigenvalue weighted by Crippen LogP contribution is 2.17. The highest BCUT2D eigenvalue weighted by atomic mass is 16.5. The van der Waals surface area contributed by atoms with Gasteiger partial charge in [-0.1, -0.05) is 20.8 Å². The summed E-state index contributed by atoms with van der Waals surface area (Å²) in [6, 6.07) is 3.77. The van der Waals surface area contributed by atoms with E-state index in [-0.39, 0.29) is 24.4 Å². The van der Waals surface area contributed by atoms with E-state index in [1.807, 2.05) is 32.9 Å². The normalized spacial score (nSPS) is 16.1. The number of nitrogens with one attached hydrogen (secondary N) is 1. The average Bonchev–Trinajstić information content (AvgIpc) is 2.68. The van der Waals surface area contributed by atoms with Gasteiger partial charge in [0.25, 0.3) is 0 Å². The van der Waals surface area contributed by atoms with Crippen molar-refractivity contribution in [1.29, 1.82) is 0 Å². The maximum absolute atomic E-state index is 11.7. The van der Waals surface area contributed by atoms with Gasteiger partial charge in [0.1, 0.15) is 18.5 Å². The maximum Gasteiger partial charge on any atom is 0.305 e. The number of aliphatic hydroxyl groups excluding tert-OH is 1. The van der Waals surface area contributed by atoms with Gasteiger partial charge >= 0.3 is 5.97 Å². The molecule has 0 aromatic carbocycles. The van der Waals surface area contributed by atoms with E-state index in [0.717, 1.165) is 38.4 Å². The fraction of sp³-hybridized carbons (Fsp3) is 0.650. The van der Waals surface area contributed by atoms with Crippen LogP contribution in [-0.4, -0.2) is 72.3 Å². The van der Waals surface area contributed by atoms with Crippen LogP contribution in [0.3, 0.4) is 0 Å². The molecule has 1 saturated heterocycles. The van der Waals surface area contributed by atoms with Gasteiger partial charge in [-0.25, -0.2) is 4.98 Å². The molecule has 1 amide bonds. The Bertz CT molecular complexity index is 628. The minimum Gasteiger partial charge on any atom is -0.463 e. The van der Waals surface area contributed by atoms with E-state index in [2.05, 4.69) is 20.1 Å². The van der Waals surface area contributed by atoms with E-state index in [0.29, 0.717) is 18.7 Å². The number of carbonyl (C=O) groups is 2. The van der Waals surface area contributed by atoms with Gasteiger partial charge in [0.2, 0.25) is 5.91 Å². The Morgan fingerprint density at radius 1 is 1.25 bits per heavy atom. The van der Waals surface area contributed by atoms with Gasteiger partial charge in [0.15, 0.2) is 0 Å². The van der Waals surface area contributed by atoms with Crippen molar-refractivity contribution in [3.63, 3.8) is 0 Å². The second kappa shape index (κ2) is 11.0. The number of aromatic nitrogens is 1. The SMILES string of the molecule is CCCC(=O)OCC(O)CN1CCN(c2ccc(NC(=O)C(C)C)cn2)CC1. The molecule has 1 aromatic heterocycles. The highest BCUT2D eigenvalue weighted by molar-refractivity contribution is 5.91. The zero-order valence-electron chi connectivity index (χ0n) is 17.1. The summed E-state index contributed by atoms with van der Waals surface area (Å²) in [5.74, 6) is 0.516. The third kappa shape index (κ3) is 7.09. The number of pyridine rings is 1. The zero-order chi connectivity index (χ0) is 20.5. The lowest BCUT2D eigenvalue weighted by molar-refractivity contribution is -0.147. The summed E-state index contributed by atoms with van der Waals surface area (Å²) in [5.41, 5.74) is 0.696. The summed E-state index contributed by atoms with van der Waals surface area (Å²) < 4.78 is 5.06. The van der Waals surface area contributed by atoms with Crippen molar-refractivity contribution in [2.45, 2.75) is 39.7 Å². The molecule has 2 N–H and O–H groups in total. The number of amides is 1. The van der Waals surface area contributed by atoms with E-state index in [4.69, 9.17) is 4.74 Å². The Kier molecular flexibility index (Phi) is 8.66. The van der Waals surface area contributed by atoms with Crippen LogP contribution in [0.15, 0.2) is 18.3 Å². The molecule has 8 heteroatoms. The van der Waals surface area contributed by atoms with Crippen LogP contribution in [0, 0.1) is 5.92 Å². The van der Waals surface area contributed by atoms with Crippen LogP contribution in [0.25, 0.3) is 0 Å². The van der Waals surface area contributed by atoms with Crippen molar-refractivity contribution in [3.05, 3.63) is 18.3 Å². The number of esters is 1. The predicted octanol–water partition coefficient (Wildman–Crippen LogP) is 1.50. The van der Waals surface area contributed by atoms with Crippen LogP contribution in [0.5, 0.6) is 0 Å². The lowest BCUT2D eigenvalue weighted by Gasteiger charge is -2.36. The van der Waals surface area contributed by atoms with Crippen LogP contribution < -0.4 is 10.2 Å². The van der Waals surface area contributed by atoms with Gasteiger partial charge in [0, 0.05) is 45.1 Å². The molecular weight excluding hydrogens is 360 g/mol. The Hall–Kier alpha value is -2.19. The van der Waals surface area contributed by atoms with E-state index >= 15 is 0 Å². The van der Waals surface area contributed by atoms with Crippen molar-refractivity contribution in [2.24, 2.45) is 5.92 Å². The first-order chi connectivity index (χ1) is 13.4. The fourth-order valence-corrected chi connectivity index (χ4v) is 2.91. The average molecular weight is 393 g/mol. The highest BCUT2D eigenvalue weighted by Gasteiger charge is 2.21. The molecule has 156 valence electrons. The molecule has 1 unspecified atom stereocenters. The molecule has 0 radical (unpaired) electrons. The van der Waals surface area contributed by atoms with Gasteiger partial charge in [-0.2, -0.15) is 0 Å². The standard InChI is InChI=1S/C20H32N4O4/c1-4-5-19(26)28-14-17(25)13-23-8-10-24(11-9-23)18-7-6-16(12-21-18)22-20(27)15(2)3/h6-7,12,15,17,25H,4-5,8-11,13-14H2,1-3H3,(H,22,27). The molecule has 1 aliphatic heterocycles. The van der Waals surface area contributed by atoms with Crippen LogP contribution >= 0.6 is 0 Å². The number of rotatable bonds is 9. The number of ether oxygens (including phenoxy) is 1. The van der Waals surface area contributed by atoms with Crippen LogP contribution in [0.1, 0.15) is 33.6 Å². The smallest absolute Gasteiger partial charge is 0.305 e. The van der Waals surface area contributed by atoms with Crippen molar-refractivity contribution < 1.29 is 19.4 Å². The molecule has 28 heavy (non-hydrogen) atoms. The van der Waals surface area contributed by atoms with E-state index < -0.39 is 6.10 Å². The van der Waals surface area contributed by atoms with Crippen LogP contribution in [-0.2, 0) is 14.3 Å². The van der Waals surface area contributed by atoms with Crippen molar-refractivity contribution in [1.82, 2.24) is 9.88 Å². The second-order valence-corrected chi connectivity index (χ2v) is 7.42. The van der Waals surface area contributed by atoms with E-state index in [1.165, 1.54) is 0 Å². The third-order valence-corrected chi connectivity index (χ3v) is 4.60. The molecule has 0 saturated carbocycles. The van der Waals surface area contributed by atoms with Crippen molar-refractivity contribution in [2.75, 3.05) is 49.5 Å². The van der Waals surface area contributed by atoms with Crippen LogP contribution in [0.4, 0.5) is 11.5 Å². The molecule has 0 aliphatic carbocycles. The molecule has 0 bridgehead atoms. The van der Waals surface area contributed by atoms with Gasteiger partial charge in [-0.3, -0.25) is 14.5 Å². The third-order valence-electron chi connectivity index (χ3n) is 4.60. The Balaban J connectivity index is 1.74. The second-order valence-electron chi connectivity index (χ2n) is 7.42. The lowest BCUT2D eigenvalue weighted by atomic mass is 10.2. The predicted molar refractivity (Wildman–Crippen MR) is 108 cm³/mol. The van der Waals surface area contributed by atoms with Crippen LogP contribution in [0.2, 0.25) is 0 Å². The van der Waals surface area contributed by atoms with E-state index in [9.17, 15) is 14.7 Å². The lowest BCUT2D eigenvalue weighted by Crippen LogP contribution is -2.49. The number of piperazine rings is 1. The minimum absolute atomic E-state index is 0.0258. The molecule has 1 atom stereocenters. The van der Waals surface area contributed by atoms with Gasteiger partial charge in [-0.15, -0.1) is 0 Å². The number of nitrogens with zero attached hydrogens (tertiary/aromatic N) is 3. The summed E-state index contributed by atoms with van der Waals surface area (Å²) in [5, 5.41) is 12.9. The molecule has 2 rings (SSSR count). The fourth-order valence-electron chi connectivity index (χ4n) is 2.91. The van der Waals surface area contributed by atoms with Crippen molar-refractivity contribution >= 4 is 23.4 Å². The van der Waals surface area contributed by atoms with Crippen molar-refractivity contribution in [3.8, 4) is 0 Å². The number of hydrogen-bond acceptors (Lipinski definition) is 7. The maximum atomic E-state index is 11.7. The summed E-state index contributed by atoms with van der Waals surface area (Å²) in [7, 11) is 0. The van der Waals surface area contributed by atoms with Gasteiger partial charge < -0.3 is 20.1 Å². The molecule has 0 spiro atoms. The summed E-state index contributed by atoms with van der Waals surface area (Å²) >= 11 is 0. The topological polar surface area (TPSA) is 95.0 Å². The first kappa shape index (κ1) is 22.1. The quantitative estimate of drug-likeness (QED) is 0.615. The summed E-state index contributed by atoms with van der Waals surface area (Å²) in [6.45, 7) is 9.35. The molecule has 1 aromatic rings. The zero-order valence-corrected chi connectivity index (χ0v) is 17.1. The number of aliphatic hydroxyl groups is 1. The van der Waals surface area contributed by atoms with E-state index in [1.54, 1.807) is 6.20 Å². The summed E-state index contributed by atoms with van der Waals surface area (Å²) in [4.78, 5) is 31.9. The monoisotopic (exact) mass is 392 g/mol. The number of hydrogen-bond donors (Lipinski definition) is 2. The summed E-state index contributed by atoms with van der Waals surface area (Å²) in [6.07, 6.45) is 2.14. The van der Waals surface area contributed by atoms with Gasteiger partial charge in [0.05, 0.1) is 11.9 Å². The largest absolute Gasteiger partial charge is 0.463 e. The molecule has 1 aliphatic rings. The number of β-amino-alcohol motifs (C(OH)–C–C–N with tert-alkyl or cyclic N) is 1. The number of carbonyl (C=O) groups excluding carboxylic acids is 2. The minimum atomic E-state index is -0.672. The Morgan fingerprint density at radius 2 is 1.96 bits per heavy atom. The first-order valence-corrected chi connectivity index (χ1v) is 9.97. The molecule has 2 heterocycles. The molecule has 1 fully saturated rings. The Labute approximate surface area is 166 Å².